The molecule has 1 saturated carbocycles. The van der Waals surface area contributed by atoms with E-state index in [4.69, 9.17) is 15.7 Å². The molecular formula is C17H24N2O. The van der Waals surface area contributed by atoms with Crippen molar-refractivity contribution in [2.75, 3.05) is 13.2 Å². The Hall–Kier alpha value is -1.37. The van der Waals surface area contributed by atoms with Gasteiger partial charge < -0.3 is 10.5 Å². The number of nitrogens with two attached hydrogens (primary N) is 1. The van der Waals surface area contributed by atoms with E-state index < -0.39 is 5.54 Å². The monoisotopic (exact) mass is 272 g/mol. The second-order valence-corrected chi connectivity index (χ2v) is 5.73. The van der Waals surface area contributed by atoms with E-state index in [2.05, 4.69) is 30.3 Å². The lowest BCUT2D eigenvalue weighted by Gasteiger charge is -2.23. The van der Waals surface area contributed by atoms with Crippen LogP contribution in [0.15, 0.2) is 30.3 Å². The van der Waals surface area contributed by atoms with E-state index in [9.17, 15) is 0 Å². The molecule has 108 valence electrons. The van der Waals surface area contributed by atoms with Crippen molar-refractivity contribution in [3.8, 4) is 6.07 Å². The number of ether oxygens (including phenoxy) is 1. The molecule has 0 radical (unpaired) electrons. The SMILES string of the molecule is N#CC1(N)CCCC1CCOCCCc1ccccc1. The summed E-state index contributed by atoms with van der Waals surface area (Å²) >= 11 is 0. The average molecular weight is 272 g/mol. The standard InChI is InChI=1S/C17H24N2O/c18-14-17(19)11-4-9-16(17)10-13-20-12-5-8-15-6-2-1-3-7-15/h1-3,6-7,16H,4-5,8-13,19H2. The molecule has 3 heteroatoms. The molecule has 1 aromatic carbocycles. The van der Waals surface area contributed by atoms with Gasteiger partial charge >= 0.3 is 0 Å². The van der Waals surface area contributed by atoms with Gasteiger partial charge in [0.25, 0.3) is 0 Å². The largest absolute Gasteiger partial charge is 0.381 e. The zero-order chi connectivity index (χ0) is 14.3. The zero-order valence-electron chi connectivity index (χ0n) is 12.1. The van der Waals surface area contributed by atoms with Crippen LogP contribution in [0, 0.1) is 17.2 Å². The van der Waals surface area contributed by atoms with Crippen molar-refractivity contribution in [3.63, 3.8) is 0 Å². The third kappa shape index (κ3) is 4.06. The van der Waals surface area contributed by atoms with Crippen LogP contribution in [0.25, 0.3) is 0 Å². The minimum Gasteiger partial charge on any atom is -0.381 e. The summed E-state index contributed by atoms with van der Waals surface area (Å²) in [4.78, 5) is 0. The van der Waals surface area contributed by atoms with Gasteiger partial charge in [0.05, 0.1) is 6.07 Å². The van der Waals surface area contributed by atoms with Crippen molar-refractivity contribution < 1.29 is 4.74 Å². The molecule has 20 heavy (non-hydrogen) atoms. The van der Waals surface area contributed by atoms with Crippen LogP contribution in [-0.2, 0) is 11.2 Å². The molecule has 0 aromatic heterocycles. The lowest BCUT2D eigenvalue weighted by Crippen LogP contribution is -2.42. The van der Waals surface area contributed by atoms with Gasteiger partial charge in [0.2, 0.25) is 0 Å². The predicted octanol–water partition coefficient (Wildman–Crippen LogP) is 3.05. The first kappa shape index (κ1) is 15.0. The lowest BCUT2D eigenvalue weighted by molar-refractivity contribution is 0.113. The Morgan fingerprint density at radius 1 is 1.30 bits per heavy atom. The van der Waals surface area contributed by atoms with E-state index >= 15 is 0 Å². The molecule has 2 N–H and O–H groups in total. The van der Waals surface area contributed by atoms with Gasteiger partial charge in [-0.3, -0.25) is 0 Å². The molecule has 1 aromatic rings. The first-order chi connectivity index (χ1) is 9.74. The second kappa shape index (κ2) is 7.42. The minimum atomic E-state index is -0.604. The Labute approximate surface area is 121 Å². The van der Waals surface area contributed by atoms with Crippen LogP contribution in [0.2, 0.25) is 0 Å². The van der Waals surface area contributed by atoms with Crippen molar-refractivity contribution in [3.05, 3.63) is 35.9 Å². The topological polar surface area (TPSA) is 59.0 Å². The highest BCUT2D eigenvalue weighted by atomic mass is 16.5. The van der Waals surface area contributed by atoms with Gasteiger partial charge in [-0.05, 0) is 43.6 Å². The maximum atomic E-state index is 9.15. The van der Waals surface area contributed by atoms with E-state index in [1.807, 2.05) is 6.07 Å². The van der Waals surface area contributed by atoms with Gasteiger partial charge in [0.15, 0.2) is 0 Å². The van der Waals surface area contributed by atoms with Gasteiger partial charge in [-0.25, -0.2) is 0 Å². The maximum Gasteiger partial charge on any atom is 0.107 e. The number of nitriles is 1. The molecule has 1 aliphatic rings. The van der Waals surface area contributed by atoms with Crippen LogP contribution in [-0.4, -0.2) is 18.8 Å². The van der Waals surface area contributed by atoms with Crippen LogP contribution in [0.1, 0.15) is 37.7 Å². The highest BCUT2D eigenvalue weighted by Gasteiger charge is 2.39. The van der Waals surface area contributed by atoms with Gasteiger partial charge in [-0.1, -0.05) is 36.8 Å². The molecule has 1 aliphatic carbocycles. The number of benzene rings is 1. The second-order valence-electron chi connectivity index (χ2n) is 5.73. The van der Waals surface area contributed by atoms with Crippen LogP contribution in [0.5, 0.6) is 0 Å². The molecule has 3 nitrogen and oxygen atoms in total. The number of aryl methyl sites for hydroxylation is 1. The third-order valence-electron chi connectivity index (χ3n) is 4.29. The van der Waals surface area contributed by atoms with E-state index in [1.54, 1.807) is 0 Å². The third-order valence-corrected chi connectivity index (χ3v) is 4.29. The molecule has 2 atom stereocenters. The van der Waals surface area contributed by atoms with E-state index in [0.717, 1.165) is 51.7 Å². The summed E-state index contributed by atoms with van der Waals surface area (Å²) in [5, 5.41) is 9.15. The minimum absolute atomic E-state index is 0.307. The molecule has 0 heterocycles. The summed E-state index contributed by atoms with van der Waals surface area (Å²) in [7, 11) is 0. The molecule has 0 saturated heterocycles. The van der Waals surface area contributed by atoms with Crippen molar-refractivity contribution in [2.24, 2.45) is 11.7 Å². The fourth-order valence-electron chi connectivity index (χ4n) is 3.00. The van der Waals surface area contributed by atoms with Crippen LogP contribution < -0.4 is 5.73 Å². The van der Waals surface area contributed by atoms with Crippen LogP contribution >= 0.6 is 0 Å². The number of rotatable bonds is 7. The highest BCUT2D eigenvalue weighted by molar-refractivity contribution is 5.14. The Balaban J connectivity index is 1.57. The molecule has 0 amide bonds. The Morgan fingerprint density at radius 2 is 2.10 bits per heavy atom. The molecule has 2 unspecified atom stereocenters. The first-order valence-corrected chi connectivity index (χ1v) is 7.56. The summed E-state index contributed by atoms with van der Waals surface area (Å²) in [6, 6.07) is 12.8. The molecule has 0 aliphatic heterocycles. The van der Waals surface area contributed by atoms with Crippen molar-refractivity contribution in [1.82, 2.24) is 0 Å². The molecule has 2 rings (SSSR count). The van der Waals surface area contributed by atoms with Gasteiger partial charge in [-0.2, -0.15) is 5.26 Å². The van der Waals surface area contributed by atoms with Gasteiger partial charge in [0.1, 0.15) is 5.54 Å². The number of hydrogen-bond donors (Lipinski definition) is 1. The van der Waals surface area contributed by atoms with Crippen LogP contribution in [0.4, 0.5) is 0 Å². The average Bonchev–Trinajstić information content (AvgIpc) is 2.86. The fraction of sp³-hybridized carbons (Fsp3) is 0.588. The molecule has 0 bridgehead atoms. The Bertz CT molecular complexity index is 440. The lowest BCUT2D eigenvalue weighted by atomic mass is 9.87. The van der Waals surface area contributed by atoms with Crippen molar-refractivity contribution in [1.29, 1.82) is 5.26 Å². The zero-order valence-corrected chi connectivity index (χ0v) is 12.1. The summed E-state index contributed by atoms with van der Waals surface area (Å²) in [5.41, 5.74) is 6.86. The summed E-state index contributed by atoms with van der Waals surface area (Å²) in [6.45, 7) is 1.51. The summed E-state index contributed by atoms with van der Waals surface area (Å²) in [6.07, 6.45) is 5.99. The van der Waals surface area contributed by atoms with Crippen molar-refractivity contribution >= 4 is 0 Å². The predicted molar refractivity (Wildman–Crippen MR) is 80.1 cm³/mol. The van der Waals surface area contributed by atoms with E-state index in [0.29, 0.717) is 5.92 Å². The summed E-state index contributed by atoms with van der Waals surface area (Å²) < 4.78 is 5.69. The highest BCUT2D eigenvalue weighted by Crippen LogP contribution is 2.35. The van der Waals surface area contributed by atoms with E-state index in [1.165, 1.54) is 5.56 Å². The molecule has 0 spiro atoms. The Morgan fingerprint density at radius 3 is 2.85 bits per heavy atom. The van der Waals surface area contributed by atoms with E-state index in [-0.39, 0.29) is 0 Å². The number of nitrogens with zero attached hydrogens (tertiary/aromatic N) is 1. The molecule has 1 fully saturated rings. The smallest absolute Gasteiger partial charge is 0.107 e. The maximum absolute atomic E-state index is 9.15. The summed E-state index contributed by atoms with van der Waals surface area (Å²) in [5.74, 6) is 0.307. The fourth-order valence-corrected chi connectivity index (χ4v) is 3.00. The normalized spacial score (nSPS) is 25.5. The Kier molecular flexibility index (Phi) is 5.58. The molecular weight excluding hydrogens is 248 g/mol. The quantitative estimate of drug-likeness (QED) is 0.776. The van der Waals surface area contributed by atoms with Gasteiger partial charge in [0, 0.05) is 13.2 Å². The van der Waals surface area contributed by atoms with Crippen LogP contribution in [0.3, 0.4) is 0 Å². The van der Waals surface area contributed by atoms with Crippen molar-refractivity contribution in [2.45, 2.75) is 44.1 Å². The first-order valence-electron chi connectivity index (χ1n) is 7.56. The van der Waals surface area contributed by atoms with Gasteiger partial charge in [-0.15, -0.1) is 0 Å². The number of hydrogen-bond acceptors (Lipinski definition) is 3.